The second-order valence-corrected chi connectivity index (χ2v) is 8.31. The summed E-state index contributed by atoms with van der Waals surface area (Å²) in [6.07, 6.45) is 3.20. The van der Waals surface area contributed by atoms with Crippen molar-refractivity contribution in [1.29, 1.82) is 0 Å². The molecule has 1 heterocycles. The van der Waals surface area contributed by atoms with E-state index in [9.17, 15) is 17.6 Å². The molecule has 3 N–H and O–H groups in total. The molecule has 8 nitrogen and oxygen atoms in total. The number of carbonyl (C=O) groups is 1. The van der Waals surface area contributed by atoms with Crippen LogP contribution in [0.4, 0.5) is 10.1 Å². The zero-order valence-electron chi connectivity index (χ0n) is 15.2. The first-order valence-electron chi connectivity index (χ1n) is 8.92. The molecule has 1 aliphatic carbocycles. The van der Waals surface area contributed by atoms with Crippen molar-refractivity contribution < 1.29 is 17.6 Å². The van der Waals surface area contributed by atoms with Crippen LogP contribution in [0.5, 0.6) is 0 Å². The van der Waals surface area contributed by atoms with Crippen LogP contribution in [0, 0.1) is 5.82 Å². The smallest absolute Gasteiger partial charge is 0.290 e. The highest BCUT2D eigenvalue weighted by Crippen LogP contribution is 2.22. The first kappa shape index (κ1) is 19.1. The Bertz CT molecular complexity index is 1140. The molecule has 29 heavy (non-hydrogen) atoms. The molecule has 3 aromatic rings. The van der Waals surface area contributed by atoms with Crippen molar-refractivity contribution in [2.45, 2.75) is 23.8 Å². The molecule has 1 fully saturated rings. The van der Waals surface area contributed by atoms with Crippen molar-refractivity contribution >= 4 is 21.6 Å². The second kappa shape index (κ2) is 7.64. The fraction of sp³-hybridized carbons (Fsp3) is 0.158. The van der Waals surface area contributed by atoms with Gasteiger partial charge in [-0.05, 0) is 55.3 Å². The molecule has 1 aliphatic rings. The standard InChI is InChI=1S/C19H18FN5O3S/c20-16-3-1-2-4-18(16)25-12-11-17(23-25)19(26)22-21-13-7-9-15(10-8-13)29(27,28)24-14-5-6-14/h1-4,7-12,14,21,24H,5-6H2,(H,22,26). The third kappa shape index (κ3) is 4.44. The minimum Gasteiger partial charge on any atom is -0.298 e. The van der Waals surface area contributed by atoms with E-state index in [2.05, 4.69) is 20.7 Å². The largest absolute Gasteiger partial charge is 0.298 e. The summed E-state index contributed by atoms with van der Waals surface area (Å²) in [5, 5.41) is 4.07. The van der Waals surface area contributed by atoms with E-state index in [0.717, 1.165) is 12.8 Å². The van der Waals surface area contributed by atoms with Gasteiger partial charge in [-0.3, -0.25) is 15.6 Å². The highest BCUT2D eigenvalue weighted by molar-refractivity contribution is 7.89. The lowest BCUT2D eigenvalue weighted by molar-refractivity contribution is 0.0957. The number of aromatic nitrogens is 2. The van der Waals surface area contributed by atoms with Gasteiger partial charge in [0.1, 0.15) is 11.5 Å². The van der Waals surface area contributed by atoms with Gasteiger partial charge in [-0.1, -0.05) is 12.1 Å². The van der Waals surface area contributed by atoms with Crippen LogP contribution in [0.2, 0.25) is 0 Å². The Morgan fingerprint density at radius 3 is 2.48 bits per heavy atom. The molecular weight excluding hydrogens is 397 g/mol. The van der Waals surface area contributed by atoms with Gasteiger partial charge >= 0.3 is 0 Å². The molecular formula is C19H18FN5O3S. The third-order valence-corrected chi connectivity index (χ3v) is 5.84. The van der Waals surface area contributed by atoms with E-state index in [-0.39, 0.29) is 22.3 Å². The molecule has 0 atom stereocenters. The van der Waals surface area contributed by atoms with Crippen LogP contribution in [0.3, 0.4) is 0 Å². The molecule has 0 radical (unpaired) electrons. The van der Waals surface area contributed by atoms with Crippen molar-refractivity contribution in [2.75, 3.05) is 5.43 Å². The Kier molecular flexibility index (Phi) is 5.03. The Balaban J connectivity index is 1.38. The predicted molar refractivity (Wildman–Crippen MR) is 104 cm³/mol. The molecule has 0 aliphatic heterocycles. The average Bonchev–Trinajstić information content (AvgIpc) is 3.37. The lowest BCUT2D eigenvalue weighted by Gasteiger charge is -2.09. The monoisotopic (exact) mass is 415 g/mol. The minimum absolute atomic E-state index is 0.0289. The number of nitrogens with zero attached hydrogens (tertiary/aromatic N) is 2. The summed E-state index contributed by atoms with van der Waals surface area (Å²) < 4.78 is 42.0. The number of hydrazine groups is 1. The van der Waals surface area contributed by atoms with Crippen LogP contribution >= 0.6 is 0 Å². The quantitative estimate of drug-likeness (QED) is 0.513. The Labute approximate surface area is 166 Å². The molecule has 1 aromatic heterocycles. The SMILES string of the molecule is O=C(NNc1ccc(S(=O)(=O)NC2CC2)cc1)c1ccn(-c2ccccc2F)n1. The van der Waals surface area contributed by atoms with Crippen molar-refractivity contribution in [3.8, 4) is 5.69 Å². The number of benzene rings is 2. The summed E-state index contributed by atoms with van der Waals surface area (Å²) in [5.41, 5.74) is 5.99. The van der Waals surface area contributed by atoms with Gasteiger partial charge in [0.05, 0.1) is 10.6 Å². The van der Waals surface area contributed by atoms with Gasteiger partial charge in [-0.15, -0.1) is 0 Å². The fourth-order valence-electron chi connectivity index (χ4n) is 2.62. The second-order valence-electron chi connectivity index (χ2n) is 6.60. The first-order valence-corrected chi connectivity index (χ1v) is 10.4. The lowest BCUT2D eigenvalue weighted by Crippen LogP contribution is -2.30. The number of nitrogens with one attached hydrogen (secondary N) is 3. The van der Waals surface area contributed by atoms with Gasteiger partial charge in [0.15, 0.2) is 5.69 Å². The molecule has 0 spiro atoms. The van der Waals surface area contributed by atoms with E-state index in [4.69, 9.17) is 0 Å². The van der Waals surface area contributed by atoms with E-state index < -0.39 is 21.7 Å². The summed E-state index contributed by atoms with van der Waals surface area (Å²) in [4.78, 5) is 12.4. The maximum atomic E-state index is 13.8. The number of halogens is 1. The topological polar surface area (TPSA) is 105 Å². The number of rotatable bonds is 7. The van der Waals surface area contributed by atoms with E-state index in [1.807, 2.05) is 0 Å². The van der Waals surface area contributed by atoms with E-state index in [0.29, 0.717) is 5.69 Å². The number of hydrogen-bond donors (Lipinski definition) is 3. The summed E-state index contributed by atoms with van der Waals surface area (Å²) in [5.74, 6) is -0.973. The minimum atomic E-state index is -3.52. The van der Waals surface area contributed by atoms with Crippen molar-refractivity contribution in [3.63, 3.8) is 0 Å². The van der Waals surface area contributed by atoms with Crippen LogP contribution in [0.1, 0.15) is 23.3 Å². The molecule has 0 unspecified atom stereocenters. The Morgan fingerprint density at radius 1 is 1.07 bits per heavy atom. The maximum Gasteiger partial charge on any atom is 0.290 e. The number of carbonyl (C=O) groups excluding carboxylic acids is 1. The van der Waals surface area contributed by atoms with Crippen molar-refractivity contribution in [2.24, 2.45) is 0 Å². The predicted octanol–water partition coefficient (Wildman–Crippen LogP) is 2.21. The van der Waals surface area contributed by atoms with Gasteiger partial charge < -0.3 is 0 Å². The average molecular weight is 415 g/mol. The molecule has 2 aromatic carbocycles. The van der Waals surface area contributed by atoms with E-state index >= 15 is 0 Å². The van der Waals surface area contributed by atoms with Gasteiger partial charge in [-0.25, -0.2) is 22.2 Å². The highest BCUT2D eigenvalue weighted by atomic mass is 32.2. The van der Waals surface area contributed by atoms with E-state index in [1.165, 1.54) is 35.1 Å². The van der Waals surface area contributed by atoms with Gasteiger partial charge in [0.25, 0.3) is 5.91 Å². The number of hydrogen-bond acceptors (Lipinski definition) is 5. The Morgan fingerprint density at radius 2 is 1.79 bits per heavy atom. The third-order valence-electron chi connectivity index (χ3n) is 4.31. The van der Waals surface area contributed by atoms with Gasteiger partial charge in [-0.2, -0.15) is 5.10 Å². The van der Waals surface area contributed by atoms with Crippen molar-refractivity contribution in [3.05, 3.63) is 72.3 Å². The normalized spacial score (nSPS) is 13.8. The first-order chi connectivity index (χ1) is 13.9. The Hall–Kier alpha value is -3.24. The molecule has 0 saturated heterocycles. The van der Waals surface area contributed by atoms with E-state index in [1.54, 1.807) is 30.3 Å². The molecule has 150 valence electrons. The summed E-state index contributed by atoms with van der Waals surface area (Å²) in [6, 6.07) is 13.6. The lowest BCUT2D eigenvalue weighted by atomic mass is 10.3. The van der Waals surface area contributed by atoms with Crippen LogP contribution in [-0.2, 0) is 10.0 Å². The van der Waals surface area contributed by atoms with Crippen LogP contribution in [-0.4, -0.2) is 30.1 Å². The zero-order valence-corrected chi connectivity index (χ0v) is 16.0. The molecule has 0 bridgehead atoms. The van der Waals surface area contributed by atoms with Crippen molar-refractivity contribution in [1.82, 2.24) is 19.9 Å². The number of anilines is 1. The molecule has 1 amide bonds. The van der Waals surface area contributed by atoms with Crippen LogP contribution in [0.15, 0.2) is 65.7 Å². The number of amides is 1. The number of para-hydroxylation sites is 1. The van der Waals surface area contributed by atoms with Crippen LogP contribution < -0.4 is 15.6 Å². The zero-order chi connectivity index (χ0) is 20.4. The molecule has 4 rings (SSSR count). The highest BCUT2D eigenvalue weighted by Gasteiger charge is 2.27. The molecule has 10 heteroatoms. The van der Waals surface area contributed by atoms with Crippen LogP contribution in [0.25, 0.3) is 5.69 Å². The molecule has 1 saturated carbocycles. The summed E-state index contributed by atoms with van der Waals surface area (Å²) in [7, 11) is -3.52. The maximum absolute atomic E-state index is 13.8. The van der Waals surface area contributed by atoms with Gasteiger partial charge in [0.2, 0.25) is 10.0 Å². The fourth-order valence-corrected chi connectivity index (χ4v) is 3.92. The summed E-state index contributed by atoms with van der Waals surface area (Å²) in [6.45, 7) is 0. The summed E-state index contributed by atoms with van der Waals surface area (Å²) >= 11 is 0. The van der Waals surface area contributed by atoms with Gasteiger partial charge in [0, 0.05) is 12.2 Å². The number of sulfonamides is 1.